The summed E-state index contributed by atoms with van der Waals surface area (Å²) in [6.07, 6.45) is 2.10. The fourth-order valence-corrected chi connectivity index (χ4v) is 4.57. The van der Waals surface area contributed by atoms with Crippen molar-refractivity contribution in [2.75, 3.05) is 20.6 Å². The summed E-state index contributed by atoms with van der Waals surface area (Å²) in [6.45, 7) is 0.668. The number of thiophene rings is 1. The summed E-state index contributed by atoms with van der Waals surface area (Å²) in [4.78, 5) is 19.2. The molecule has 0 aliphatic rings. The average molecular weight is 404 g/mol. The number of nitrogens with zero attached hydrogens (tertiary/aromatic N) is 1. The fourth-order valence-electron chi connectivity index (χ4n) is 3.72. The zero-order valence-electron chi connectivity index (χ0n) is 16.6. The van der Waals surface area contributed by atoms with Crippen LogP contribution in [-0.2, 0) is 4.79 Å². The van der Waals surface area contributed by atoms with Gasteiger partial charge in [0.15, 0.2) is 0 Å². The van der Waals surface area contributed by atoms with Crippen LogP contribution in [0.15, 0.2) is 78.3 Å². The summed E-state index contributed by atoms with van der Waals surface area (Å²) in [7, 11) is 3.60. The molecular formula is C24H25N3OS. The van der Waals surface area contributed by atoms with Crippen molar-refractivity contribution in [2.24, 2.45) is 0 Å². The molecule has 0 bridgehead atoms. The molecule has 0 aliphatic carbocycles. The highest BCUT2D eigenvalue weighted by atomic mass is 32.1. The molecule has 4 rings (SSSR count). The summed E-state index contributed by atoms with van der Waals surface area (Å²) in [6, 6.07) is 22.2. The van der Waals surface area contributed by atoms with Crippen LogP contribution in [0.4, 0.5) is 0 Å². The van der Waals surface area contributed by atoms with Crippen LogP contribution < -0.4 is 5.32 Å². The molecule has 0 saturated carbocycles. The largest absolute Gasteiger partial charge is 0.361 e. The number of hydrogen-bond donors (Lipinski definition) is 2. The van der Waals surface area contributed by atoms with Gasteiger partial charge in [0.05, 0.1) is 0 Å². The molecule has 4 aromatic rings. The molecule has 5 heteroatoms. The minimum Gasteiger partial charge on any atom is -0.361 e. The molecule has 0 spiro atoms. The first-order valence-corrected chi connectivity index (χ1v) is 10.6. The Labute approximate surface area is 175 Å². The highest BCUT2D eigenvalue weighted by molar-refractivity contribution is 7.10. The number of amides is 1. The van der Waals surface area contributed by atoms with Crippen LogP contribution in [0, 0.1) is 0 Å². The first-order valence-electron chi connectivity index (χ1n) is 9.74. The van der Waals surface area contributed by atoms with Gasteiger partial charge in [0.1, 0.15) is 6.04 Å². The van der Waals surface area contributed by atoms with Gasteiger partial charge in [0.2, 0.25) is 5.91 Å². The number of benzene rings is 2. The monoisotopic (exact) mass is 403 g/mol. The lowest BCUT2D eigenvalue weighted by atomic mass is 9.95. The summed E-state index contributed by atoms with van der Waals surface area (Å²) in [5, 5.41) is 6.89. The number of aromatic nitrogens is 1. The number of carbonyl (C=O) groups excluding carboxylic acids is 1. The average Bonchev–Trinajstić information content (AvgIpc) is 3.42. The van der Waals surface area contributed by atoms with E-state index in [9.17, 15) is 4.79 Å². The number of H-pyrrole nitrogens is 1. The van der Waals surface area contributed by atoms with Gasteiger partial charge in [-0.25, -0.2) is 0 Å². The number of carbonyl (C=O) groups is 1. The molecule has 0 aliphatic heterocycles. The topological polar surface area (TPSA) is 48.1 Å². The van der Waals surface area contributed by atoms with Crippen LogP contribution in [0.1, 0.15) is 28.0 Å². The highest BCUT2D eigenvalue weighted by Gasteiger charge is 2.25. The Morgan fingerprint density at radius 3 is 2.52 bits per heavy atom. The Hall–Kier alpha value is -2.89. The number of hydrogen-bond acceptors (Lipinski definition) is 3. The van der Waals surface area contributed by atoms with E-state index < -0.39 is 0 Å². The van der Waals surface area contributed by atoms with E-state index in [0.717, 1.165) is 11.1 Å². The molecular weight excluding hydrogens is 378 g/mol. The summed E-state index contributed by atoms with van der Waals surface area (Å²) in [5.41, 5.74) is 3.36. The Bertz CT molecular complexity index is 1070. The lowest BCUT2D eigenvalue weighted by Crippen LogP contribution is -2.38. The fraction of sp³-hybridized carbons (Fsp3) is 0.208. The summed E-state index contributed by atoms with van der Waals surface area (Å²) in [5.74, 6) is 0.215. The van der Waals surface area contributed by atoms with Crippen molar-refractivity contribution < 1.29 is 4.79 Å². The zero-order chi connectivity index (χ0) is 20.2. The van der Waals surface area contributed by atoms with Gasteiger partial charge >= 0.3 is 0 Å². The van der Waals surface area contributed by atoms with Gasteiger partial charge in [-0.05, 0) is 28.6 Å². The van der Waals surface area contributed by atoms with Gasteiger partial charge in [-0.1, -0.05) is 54.6 Å². The molecule has 1 amide bonds. The Balaban J connectivity index is 1.66. The molecule has 4 nitrogen and oxygen atoms in total. The zero-order valence-corrected chi connectivity index (χ0v) is 17.4. The minimum absolute atomic E-state index is 0.0556. The Morgan fingerprint density at radius 2 is 1.79 bits per heavy atom. The molecule has 29 heavy (non-hydrogen) atoms. The molecule has 0 saturated heterocycles. The van der Waals surface area contributed by atoms with Crippen molar-refractivity contribution in [1.82, 2.24) is 15.2 Å². The smallest absolute Gasteiger partial charge is 0.243 e. The molecule has 2 heterocycles. The van der Waals surface area contributed by atoms with Crippen molar-refractivity contribution >= 4 is 28.1 Å². The first-order chi connectivity index (χ1) is 14.1. The molecule has 2 atom stereocenters. The maximum atomic E-state index is 12.9. The maximum absolute atomic E-state index is 12.9. The van der Waals surface area contributed by atoms with E-state index in [1.165, 1.54) is 15.8 Å². The Kier molecular flexibility index (Phi) is 5.79. The van der Waals surface area contributed by atoms with Crippen molar-refractivity contribution in [3.05, 3.63) is 94.3 Å². The van der Waals surface area contributed by atoms with Gasteiger partial charge in [0, 0.05) is 48.5 Å². The quantitative estimate of drug-likeness (QED) is 0.466. The second-order valence-corrected chi connectivity index (χ2v) is 8.32. The predicted octanol–water partition coefficient (Wildman–Crippen LogP) is 4.78. The normalized spacial score (nSPS) is 13.3. The second kappa shape index (κ2) is 8.64. The van der Waals surface area contributed by atoms with Crippen molar-refractivity contribution in [2.45, 2.75) is 12.0 Å². The number of nitrogens with one attached hydrogen (secondary N) is 2. The van der Waals surface area contributed by atoms with Crippen LogP contribution in [-0.4, -0.2) is 36.4 Å². The lowest BCUT2D eigenvalue weighted by Gasteiger charge is -2.25. The molecule has 2 N–H and O–H groups in total. The van der Waals surface area contributed by atoms with Crippen LogP contribution in [0.5, 0.6) is 0 Å². The van der Waals surface area contributed by atoms with E-state index in [0.29, 0.717) is 6.54 Å². The molecule has 0 fully saturated rings. The minimum atomic E-state index is -0.376. The number of rotatable bonds is 7. The second-order valence-electron chi connectivity index (χ2n) is 7.34. The van der Waals surface area contributed by atoms with E-state index in [-0.39, 0.29) is 17.9 Å². The van der Waals surface area contributed by atoms with E-state index in [2.05, 4.69) is 52.2 Å². The van der Waals surface area contributed by atoms with Crippen LogP contribution in [0.25, 0.3) is 10.9 Å². The predicted molar refractivity (Wildman–Crippen MR) is 120 cm³/mol. The van der Waals surface area contributed by atoms with Crippen molar-refractivity contribution in [3.63, 3.8) is 0 Å². The van der Waals surface area contributed by atoms with Crippen molar-refractivity contribution in [1.29, 1.82) is 0 Å². The molecule has 148 valence electrons. The van der Waals surface area contributed by atoms with Crippen molar-refractivity contribution in [3.8, 4) is 0 Å². The van der Waals surface area contributed by atoms with Gasteiger partial charge in [-0.3, -0.25) is 4.79 Å². The molecule has 2 aromatic carbocycles. The van der Waals surface area contributed by atoms with Gasteiger partial charge in [-0.2, -0.15) is 0 Å². The van der Waals surface area contributed by atoms with Gasteiger partial charge in [-0.15, -0.1) is 11.3 Å². The number of likely N-dealkylation sites (N-methyl/N-ethyl adjacent to an activating group) is 1. The summed E-state index contributed by atoms with van der Waals surface area (Å²) >= 11 is 1.75. The maximum Gasteiger partial charge on any atom is 0.243 e. The van der Waals surface area contributed by atoms with Gasteiger partial charge in [0.25, 0.3) is 0 Å². The van der Waals surface area contributed by atoms with E-state index in [1.54, 1.807) is 30.3 Å². The molecule has 0 radical (unpaired) electrons. The highest BCUT2D eigenvalue weighted by Crippen LogP contribution is 2.33. The number of fused-ring (bicyclic) bond motifs is 1. The number of para-hydroxylation sites is 1. The third-order valence-electron chi connectivity index (χ3n) is 5.23. The summed E-state index contributed by atoms with van der Waals surface area (Å²) < 4.78 is 0. The number of aromatic amines is 1. The molecule has 2 aromatic heterocycles. The van der Waals surface area contributed by atoms with Crippen LogP contribution in [0.2, 0.25) is 0 Å². The molecule has 2 unspecified atom stereocenters. The first kappa shape index (κ1) is 19.4. The van der Waals surface area contributed by atoms with E-state index in [1.807, 2.05) is 36.4 Å². The third-order valence-corrected chi connectivity index (χ3v) is 6.22. The van der Waals surface area contributed by atoms with E-state index >= 15 is 0 Å². The van der Waals surface area contributed by atoms with Crippen LogP contribution >= 0.6 is 11.3 Å². The standard InChI is InChI=1S/C24H25N3OS/c1-27(2)24(28)23(17-9-4-3-5-10-17)26-16-20(22-13-8-14-29-22)19-15-25-21-12-7-6-11-18(19)21/h3-15,20,23,25-26H,16H2,1-2H3. The van der Waals surface area contributed by atoms with Gasteiger partial charge < -0.3 is 15.2 Å². The van der Waals surface area contributed by atoms with Crippen LogP contribution in [0.3, 0.4) is 0 Å². The Morgan fingerprint density at radius 1 is 1.03 bits per heavy atom. The van der Waals surface area contributed by atoms with E-state index in [4.69, 9.17) is 0 Å². The SMILES string of the molecule is CN(C)C(=O)C(NCC(c1cccs1)c1c[nH]c2ccccc12)c1ccccc1. The lowest BCUT2D eigenvalue weighted by molar-refractivity contribution is -0.131. The third kappa shape index (κ3) is 4.11.